The van der Waals surface area contributed by atoms with Crippen LogP contribution in [0.4, 0.5) is 0 Å². The third-order valence-corrected chi connectivity index (χ3v) is 4.94. The van der Waals surface area contributed by atoms with Crippen molar-refractivity contribution in [2.45, 2.75) is 33.3 Å². The molecule has 0 aromatic carbocycles. The van der Waals surface area contributed by atoms with Crippen LogP contribution in [0, 0.1) is 23.2 Å². The van der Waals surface area contributed by atoms with Crippen molar-refractivity contribution in [1.29, 1.82) is 0 Å². The third-order valence-electron chi connectivity index (χ3n) is 4.94. The fraction of sp³-hybridized carbons (Fsp3) is 0.562. The normalized spacial score (nSPS) is 42.2. The molecule has 5 nitrogen and oxygen atoms in total. The first-order chi connectivity index (χ1) is 9.53. The summed E-state index contributed by atoms with van der Waals surface area (Å²) >= 11 is 0. The highest BCUT2D eigenvalue weighted by atomic mass is 16.4. The van der Waals surface area contributed by atoms with Gasteiger partial charge in [-0.05, 0) is 33.3 Å². The number of aliphatic hydroxyl groups is 1. The van der Waals surface area contributed by atoms with Crippen LogP contribution in [0.15, 0.2) is 23.8 Å². The Morgan fingerprint density at radius 1 is 1.29 bits per heavy atom. The molecule has 0 radical (unpaired) electrons. The third kappa shape index (κ3) is 2.07. The second-order valence-corrected chi connectivity index (χ2v) is 6.46. The Labute approximate surface area is 123 Å². The second kappa shape index (κ2) is 4.63. The number of ketones is 2. The van der Waals surface area contributed by atoms with Crippen LogP contribution in [0.25, 0.3) is 0 Å². The van der Waals surface area contributed by atoms with Crippen molar-refractivity contribution in [3.8, 4) is 0 Å². The lowest BCUT2D eigenvalue weighted by atomic mass is 9.54. The van der Waals surface area contributed by atoms with Gasteiger partial charge in [-0.2, -0.15) is 0 Å². The molecule has 2 aliphatic carbocycles. The van der Waals surface area contributed by atoms with Crippen molar-refractivity contribution >= 4 is 17.5 Å². The summed E-state index contributed by atoms with van der Waals surface area (Å²) in [6.07, 6.45) is 4.63. The zero-order chi connectivity index (χ0) is 16.2. The van der Waals surface area contributed by atoms with Crippen LogP contribution in [0.1, 0.15) is 27.7 Å². The van der Waals surface area contributed by atoms with E-state index >= 15 is 0 Å². The Hall–Kier alpha value is -1.75. The molecule has 5 heteroatoms. The van der Waals surface area contributed by atoms with Gasteiger partial charge in [0, 0.05) is 17.8 Å². The molecular weight excluding hydrogens is 272 g/mol. The van der Waals surface area contributed by atoms with Gasteiger partial charge in [0.2, 0.25) is 0 Å². The SMILES string of the molecule is CC(=O)[C@@H]1C=C[C@@](C)(C(=O)O)[C@@H]2C=C(C)C(=O)[C@](C)(O)[C@H]21. The lowest BCUT2D eigenvalue weighted by Crippen LogP contribution is -2.58. The van der Waals surface area contributed by atoms with Gasteiger partial charge in [-0.3, -0.25) is 14.4 Å². The van der Waals surface area contributed by atoms with Gasteiger partial charge in [-0.25, -0.2) is 0 Å². The molecule has 21 heavy (non-hydrogen) atoms. The van der Waals surface area contributed by atoms with Crippen LogP contribution >= 0.6 is 0 Å². The minimum atomic E-state index is -1.75. The van der Waals surface area contributed by atoms with Crippen molar-refractivity contribution in [2.75, 3.05) is 0 Å². The molecular formula is C16H20O5. The van der Waals surface area contributed by atoms with E-state index in [9.17, 15) is 24.6 Å². The molecule has 0 amide bonds. The summed E-state index contributed by atoms with van der Waals surface area (Å²) in [5.41, 5.74) is -2.66. The molecule has 0 bridgehead atoms. The zero-order valence-corrected chi connectivity index (χ0v) is 12.6. The van der Waals surface area contributed by atoms with Gasteiger partial charge in [0.15, 0.2) is 5.78 Å². The summed E-state index contributed by atoms with van der Waals surface area (Å²) in [6.45, 7) is 5.88. The van der Waals surface area contributed by atoms with Gasteiger partial charge in [0.1, 0.15) is 11.4 Å². The van der Waals surface area contributed by atoms with E-state index in [1.54, 1.807) is 19.9 Å². The number of fused-ring (bicyclic) bond motifs is 1. The Balaban J connectivity index is 2.71. The molecule has 0 fully saturated rings. The number of allylic oxidation sites excluding steroid dienone is 2. The predicted molar refractivity (Wildman–Crippen MR) is 75.4 cm³/mol. The van der Waals surface area contributed by atoms with Crippen molar-refractivity contribution in [1.82, 2.24) is 0 Å². The summed E-state index contributed by atoms with van der Waals surface area (Å²) < 4.78 is 0. The van der Waals surface area contributed by atoms with E-state index < -0.39 is 40.5 Å². The summed E-state index contributed by atoms with van der Waals surface area (Å²) in [5.74, 6) is -3.71. The smallest absolute Gasteiger partial charge is 0.313 e. The number of aliphatic carboxylic acids is 1. The molecule has 5 atom stereocenters. The van der Waals surface area contributed by atoms with Crippen LogP contribution in [0.3, 0.4) is 0 Å². The van der Waals surface area contributed by atoms with Gasteiger partial charge < -0.3 is 10.2 Å². The highest BCUT2D eigenvalue weighted by molar-refractivity contribution is 6.03. The number of carbonyl (C=O) groups is 3. The first-order valence-corrected chi connectivity index (χ1v) is 6.92. The molecule has 0 spiro atoms. The number of carboxylic acid groups (broad SMARTS) is 1. The molecule has 2 aliphatic rings. The quantitative estimate of drug-likeness (QED) is 0.750. The van der Waals surface area contributed by atoms with Crippen molar-refractivity contribution < 1.29 is 24.6 Å². The second-order valence-electron chi connectivity index (χ2n) is 6.46. The number of rotatable bonds is 2. The average molecular weight is 292 g/mol. The van der Waals surface area contributed by atoms with Crippen LogP contribution in [0.5, 0.6) is 0 Å². The highest BCUT2D eigenvalue weighted by Crippen LogP contribution is 2.51. The van der Waals surface area contributed by atoms with Gasteiger partial charge in [0.05, 0.1) is 5.41 Å². The summed E-state index contributed by atoms with van der Waals surface area (Å²) in [6, 6.07) is 0. The monoisotopic (exact) mass is 292 g/mol. The number of carboxylic acids is 1. The van der Waals surface area contributed by atoms with E-state index in [-0.39, 0.29) is 5.78 Å². The largest absolute Gasteiger partial charge is 0.481 e. The molecule has 0 saturated carbocycles. The lowest BCUT2D eigenvalue weighted by Gasteiger charge is -2.49. The molecule has 0 aromatic heterocycles. The topological polar surface area (TPSA) is 91.7 Å². The van der Waals surface area contributed by atoms with Gasteiger partial charge >= 0.3 is 5.97 Å². The fourth-order valence-corrected chi connectivity index (χ4v) is 3.60. The van der Waals surface area contributed by atoms with E-state index in [4.69, 9.17) is 0 Å². The van der Waals surface area contributed by atoms with Gasteiger partial charge in [0.25, 0.3) is 0 Å². The average Bonchev–Trinajstić information content (AvgIpc) is 2.37. The molecule has 114 valence electrons. The lowest BCUT2D eigenvalue weighted by molar-refractivity contribution is -0.160. The molecule has 2 N–H and O–H groups in total. The molecule has 0 aromatic rings. The van der Waals surface area contributed by atoms with Crippen molar-refractivity contribution in [2.24, 2.45) is 23.2 Å². The maximum Gasteiger partial charge on any atom is 0.313 e. The number of Topliss-reactive ketones (excluding diaryl/α,β-unsaturated/α-hetero) is 2. The minimum Gasteiger partial charge on any atom is -0.481 e. The van der Waals surface area contributed by atoms with E-state index in [2.05, 4.69) is 0 Å². The van der Waals surface area contributed by atoms with Crippen LogP contribution in [-0.4, -0.2) is 33.3 Å². The Morgan fingerprint density at radius 2 is 1.86 bits per heavy atom. The maximum atomic E-state index is 12.2. The molecule has 0 unspecified atom stereocenters. The predicted octanol–water partition coefficient (Wildman–Crippen LogP) is 1.36. The van der Waals surface area contributed by atoms with Crippen LogP contribution < -0.4 is 0 Å². The Bertz CT molecular complexity index is 583. The van der Waals surface area contributed by atoms with Gasteiger partial charge in [-0.15, -0.1) is 0 Å². The van der Waals surface area contributed by atoms with Crippen molar-refractivity contribution in [3.63, 3.8) is 0 Å². The van der Waals surface area contributed by atoms with E-state index in [1.807, 2.05) is 0 Å². The van der Waals surface area contributed by atoms with Gasteiger partial charge in [-0.1, -0.05) is 18.2 Å². The number of hydrogen-bond donors (Lipinski definition) is 2. The van der Waals surface area contributed by atoms with E-state index in [0.717, 1.165) is 0 Å². The first kappa shape index (κ1) is 15.6. The Morgan fingerprint density at radius 3 is 2.33 bits per heavy atom. The minimum absolute atomic E-state index is 0.185. The maximum absolute atomic E-state index is 12.2. The van der Waals surface area contributed by atoms with E-state index in [0.29, 0.717) is 5.57 Å². The molecule has 0 saturated heterocycles. The standard InChI is InChI=1S/C16H20O5/c1-8-7-11-12(16(4,21)13(8)18)10(9(2)17)5-6-15(11,3)14(19)20/h5-7,10-12,21H,1-4H3,(H,19,20)/t10-,11+,12-,15+,16+/m0/s1. The van der Waals surface area contributed by atoms with Crippen LogP contribution in [-0.2, 0) is 14.4 Å². The molecule has 0 aliphatic heterocycles. The first-order valence-electron chi connectivity index (χ1n) is 6.92. The van der Waals surface area contributed by atoms with Crippen molar-refractivity contribution in [3.05, 3.63) is 23.8 Å². The van der Waals surface area contributed by atoms with Crippen LogP contribution in [0.2, 0.25) is 0 Å². The summed E-state index contributed by atoms with van der Waals surface area (Å²) in [5, 5.41) is 20.2. The number of hydrogen-bond acceptors (Lipinski definition) is 4. The summed E-state index contributed by atoms with van der Waals surface area (Å²) in [7, 11) is 0. The highest BCUT2D eigenvalue weighted by Gasteiger charge is 2.58. The Kier molecular flexibility index (Phi) is 3.45. The molecule has 0 heterocycles. The zero-order valence-electron chi connectivity index (χ0n) is 12.6. The number of carbonyl (C=O) groups excluding carboxylic acids is 2. The summed E-state index contributed by atoms with van der Waals surface area (Å²) in [4.78, 5) is 35.8. The van der Waals surface area contributed by atoms with E-state index in [1.165, 1.54) is 26.0 Å². The fourth-order valence-electron chi connectivity index (χ4n) is 3.60. The molecule has 2 rings (SSSR count).